The van der Waals surface area contributed by atoms with Crippen LogP contribution in [0.25, 0.3) is 5.69 Å². The van der Waals surface area contributed by atoms with E-state index in [1.165, 1.54) is 40.8 Å². The second kappa shape index (κ2) is 12.1. The summed E-state index contributed by atoms with van der Waals surface area (Å²) >= 11 is 2.90. The minimum Gasteiger partial charge on any atom is -0.376 e. The zero-order valence-electron chi connectivity index (χ0n) is 23.1. The zero-order valence-corrected chi connectivity index (χ0v) is 24.7. The van der Waals surface area contributed by atoms with E-state index in [0.717, 1.165) is 11.0 Å². The summed E-state index contributed by atoms with van der Waals surface area (Å²) in [4.78, 5) is 46.9. The fourth-order valence-electron chi connectivity index (χ4n) is 4.61. The van der Waals surface area contributed by atoms with Gasteiger partial charge in [0, 0.05) is 40.3 Å². The first kappa shape index (κ1) is 31.0. The topological polar surface area (TPSA) is 108 Å². The molecular weight excluding hydrogens is 619 g/mol. The summed E-state index contributed by atoms with van der Waals surface area (Å²) in [5.41, 5.74) is -0.0338. The molecule has 0 saturated carbocycles. The number of carbonyl (C=O) groups is 2. The number of amides is 2. The first-order valence-electron chi connectivity index (χ1n) is 12.9. The molecule has 0 fully saturated rings. The highest BCUT2D eigenvalue weighted by Crippen LogP contribution is 2.36. The van der Waals surface area contributed by atoms with Crippen molar-refractivity contribution in [2.24, 2.45) is 0 Å². The maximum atomic E-state index is 13.9. The zero-order chi connectivity index (χ0) is 30.9. The molecule has 2 atom stereocenters. The highest BCUT2D eigenvalue weighted by atomic mass is 79.9. The van der Waals surface area contributed by atoms with E-state index in [1.807, 2.05) is 0 Å². The van der Waals surface area contributed by atoms with Gasteiger partial charge in [0.1, 0.15) is 6.73 Å². The number of alkyl halides is 3. The quantitative estimate of drug-likeness (QED) is 0.287. The number of aliphatic hydroxyl groups excluding tert-OH is 1. The van der Waals surface area contributed by atoms with Crippen LogP contribution in [0.15, 0.2) is 64.4 Å². The molecule has 2 heterocycles. The SMILES string of the molecule is C=CC(C)Nc1nc2c(c(=O)n1-c1ccc(C(=O)N(C)CO)cc1)C[C@@H](C)N(C(=O)c1ccc(Br)c(C(F)(F)F)c1)C2. The molecular formula is C29H29BrF3N5O4. The van der Waals surface area contributed by atoms with Crippen LogP contribution in [-0.2, 0) is 19.1 Å². The normalized spacial score (nSPS) is 15.5. The summed E-state index contributed by atoms with van der Waals surface area (Å²) < 4.78 is 41.6. The van der Waals surface area contributed by atoms with Crippen molar-refractivity contribution in [1.82, 2.24) is 19.4 Å². The number of rotatable bonds is 7. The van der Waals surface area contributed by atoms with E-state index in [9.17, 15) is 32.7 Å². The van der Waals surface area contributed by atoms with Crippen LogP contribution in [0.1, 0.15) is 51.4 Å². The molecule has 0 aliphatic carbocycles. The summed E-state index contributed by atoms with van der Waals surface area (Å²) in [6, 6.07) is 8.76. The smallest absolute Gasteiger partial charge is 0.376 e. The van der Waals surface area contributed by atoms with Crippen LogP contribution in [0.2, 0.25) is 0 Å². The molecule has 1 aliphatic heterocycles. The Labute approximate surface area is 248 Å². The van der Waals surface area contributed by atoms with Crippen LogP contribution < -0.4 is 10.9 Å². The first-order valence-corrected chi connectivity index (χ1v) is 13.7. The third-order valence-corrected chi connectivity index (χ3v) is 7.73. The Bertz CT molecular complexity index is 1590. The second-order valence-corrected chi connectivity index (χ2v) is 10.9. The van der Waals surface area contributed by atoms with E-state index in [2.05, 4.69) is 32.8 Å². The van der Waals surface area contributed by atoms with Crippen LogP contribution in [0.5, 0.6) is 0 Å². The van der Waals surface area contributed by atoms with Gasteiger partial charge >= 0.3 is 6.18 Å². The van der Waals surface area contributed by atoms with Crippen molar-refractivity contribution >= 4 is 33.7 Å². The molecule has 42 heavy (non-hydrogen) atoms. The van der Waals surface area contributed by atoms with E-state index < -0.39 is 36.3 Å². The molecule has 2 aromatic carbocycles. The summed E-state index contributed by atoms with van der Waals surface area (Å²) in [5.74, 6) is -0.841. The van der Waals surface area contributed by atoms with Crippen molar-refractivity contribution in [1.29, 1.82) is 0 Å². The molecule has 1 aliphatic rings. The number of hydrogen-bond donors (Lipinski definition) is 2. The molecule has 9 nitrogen and oxygen atoms in total. The third-order valence-electron chi connectivity index (χ3n) is 7.04. The number of benzene rings is 2. The van der Waals surface area contributed by atoms with Crippen LogP contribution in [-0.4, -0.2) is 62.1 Å². The molecule has 4 rings (SSSR count). The van der Waals surface area contributed by atoms with Crippen molar-refractivity contribution in [3.05, 3.63) is 97.9 Å². The van der Waals surface area contributed by atoms with E-state index in [0.29, 0.717) is 22.5 Å². The molecule has 0 bridgehead atoms. The summed E-state index contributed by atoms with van der Waals surface area (Å²) in [7, 11) is 1.45. The van der Waals surface area contributed by atoms with Crippen LogP contribution >= 0.6 is 15.9 Å². The highest BCUT2D eigenvalue weighted by molar-refractivity contribution is 9.10. The predicted molar refractivity (Wildman–Crippen MR) is 154 cm³/mol. The van der Waals surface area contributed by atoms with Gasteiger partial charge in [-0.25, -0.2) is 9.55 Å². The number of hydrogen-bond acceptors (Lipinski definition) is 6. The number of aliphatic hydroxyl groups is 1. The van der Waals surface area contributed by atoms with Crippen LogP contribution in [0.4, 0.5) is 19.1 Å². The maximum Gasteiger partial charge on any atom is 0.417 e. The van der Waals surface area contributed by atoms with E-state index in [-0.39, 0.29) is 40.6 Å². The third kappa shape index (κ3) is 6.12. The molecule has 222 valence electrons. The molecule has 0 radical (unpaired) electrons. The number of halogens is 4. The van der Waals surface area contributed by atoms with Crippen LogP contribution in [0.3, 0.4) is 0 Å². The number of fused-ring (bicyclic) bond motifs is 1. The lowest BCUT2D eigenvalue weighted by molar-refractivity contribution is -0.138. The highest BCUT2D eigenvalue weighted by Gasteiger charge is 2.36. The van der Waals surface area contributed by atoms with Gasteiger partial charge in [0.2, 0.25) is 5.95 Å². The lowest BCUT2D eigenvalue weighted by atomic mass is 9.98. The molecule has 1 unspecified atom stereocenters. The summed E-state index contributed by atoms with van der Waals surface area (Å²) in [6.07, 6.45) is -2.90. The number of aromatic nitrogens is 2. The van der Waals surface area contributed by atoms with Gasteiger partial charge < -0.3 is 20.2 Å². The summed E-state index contributed by atoms with van der Waals surface area (Å²) in [6.45, 7) is 6.75. The lowest BCUT2D eigenvalue weighted by Crippen LogP contribution is -2.46. The number of carbonyl (C=O) groups excluding carboxylic acids is 2. The Hall–Kier alpha value is -3.97. The molecule has 2 amide bonds. The maximum absolute atomic E-state index is 13.9. The van der Waals surface area contributed by atoms with Crippen LogP contribution in [0, 0.1) is 0 Å². The molecule has 0 spiro atoms. The second-order valence-electron chi connectivity index (χ2n) is 10.0. The summed E-state index contributed by atoms with van der Waals surface area (Å²) in [5, 5.41) is 12.4. The van der Waals surface area contributed by atoms with Crippen molar-refractivity contribution in [2.75, 3.05) is 19.1 Å². The average Bonchev–Trinajstić information content (AvgIpc) is 2.96. The monoisotopic (exact) mass is 647 g/mol. The van der Waals surface area contributed by atoms with Gasteiger partial charge in [-0.2, -0.15) is 13.2 Å². The van der Waals surface area contributed by atoms with Gasteiger partial charge in [0.25, 0.3) is 17.4 Å². The Balaban J connectivity index is 1.75. The molecule has 1 aromatic heterocycles. The van der Waals surface area contributed by atoms with Crippen molar-refractivity contribution in [3.63, 3.8) is 0 Å². The van der Waals surface area contributed by atoms with E-state index in [1.54, 1.807) is 32.1 Å². The standard InChI is InChI=1S/C29H29BrF3N5O4/c1-5-16(2)34-28-35-24-14-37(26(41)19-8-11-23(30)22(13-19)29(31,32)33)17(3)12-21(24)27(42)38(28)20-9-6-18(7-10-20)25(40)36(4)15-39/h5-11,13,16-17,39H,1,12,14-15H2,2-4H3,(H,34,35)/t16?,17-/m1/s1. The van der Waals surface area contributed by atoms with E-state index in [4.69, 9.17) is 0 Å². The van der Waals surface area contributed by atoms with Gasteiger partial charge in [-0.1, -0.05) is 22.0 Å². The van der Waals surface area contributed by atoms with Gasteiger partial charge in [-0.3, -0.25) is 14.4 Å². The number of anilines is 1. The fraction of sp³-hybridized carbons (Fsp3) is 0.310. The van der Waals surface area contributed by atoms with Gasteiger partial charge in [0.05, 0.1) is 23.5 Å². The van der Waals surface area contributed by atoms with E-state index >= 15 is 0 Å². The first-order chi connectivity index (χ1) is 19.8. The Morgan fingerprint density at radius 2 is 1.88 bits per heavy atom. The van der Waals surface area contributed by atoms with Crippen molar-refractivity contribution in [2.45, 2.75) is 45.1 Å². The predicted octanol–water partition coefficient (Wildman–Crippen LogP) is 4.61. The van der Waals surface area contributed by atoms with Gasteiger partial charge in [-0.15, -0.1) is 6.58 Å². The minimum absolute atomic E-state index is 0.0824. The Morgan fingerprint density at radius 3 is 2.48 bits per heavy atom. The number of nitrogens with zero attached hydrogens (tertiary/aromatic N) is 4. The molecule has 2 N–H and O–H groups in total. The lowest BCUT2D eigenvalue weighted by Gasteiger charge is -2.35. The van der Waals surface area contributed by atoms with Crippen molar-refractivity contribution in [3.8, 4) is 5.69 Å². The fourth-order valence-corrected chi connectivity index (χ4v) is 5.08. The van der Waals surface area contributed by atoms with Crippen molar-refractivity contribution < 1.29 is 27.9 Å². The molecule has 0 saturated heterocycles. The van der Waals surface area contributed by atoms with Gasteiger partial charge in [0.15, 0.2) is 0 Å². The minimum atomic E-state index is -4.65. The Morgan fingerprint density at radius 1 is 1.24 bits per heavy atom. The molecule has 13 heteroatoms. The largest absolute Gasteiger partial charge is 0.417 e. The molecule has 3 aromatic rings. The average molecular weight is 648 g/mol. The number of nitrogens with one attached hydrogen (secondary N) is 1. The Kier molecular flexibility index (Phi) is 8.92. The van der Waals surface area contributed by atoms with Gasteiger partial charge in [-0.05, 0) is 62.7 Å².